The van der Waals surface area contributed by atoms with E-state index < -0.39 is 24.9 Å². The average molecular weight is 174 g/mol. The Balaban J connectivity index is 3.79. The maximum atomic E-state index is 12.1. The summed E-state index contributed by atoms with van der Waals surface area (Å²) in [6.07, 6.45) is -7.00. The van der Waals surface area contributed by atoms with Gasteiger partial charge in [-0.1, -0.05) is 6.58 Å². The van der Waals surface area contributed by atoms with Crippen LogP contribution in [0.1, 0.15) is 12.8 Å². The Hall–Kier alpha value is -0.610. The first-order chi connectivity index (χ1) is 4.77. The average Bonchev–Trinajstić information content (AvgIpc) is 1.83. The fourth-order valence-corrected chi connectivity index (χ4v) is 0.410. The van der Waals surface area contributed by atoms with E-state index in [1.54, 1.807) is 0 Å². The van der Waals surface area contributed by atoms with Crippen LogP contribution in [0.2, 0.25) is 0 Å². The van der Waals surface area contributed by atoms with Crippen LogP contribution in [0.15, 0.2) is 12.7 Å². The molecule has 5 heteroatoms. The van der Waals surface area contributed by atoms with Crippen molar-refractivity contribution in [3.05, 3.63) is 12.7 Å². The van der Waals surface area contributed by atoms with Gasteiger partial charge in [0.25, 0.3) is 5.92 Å². The third-order valence-electron chi connectivity index (χ3n) is 1.04. The van der Waals surface area contributed by atoms with Crippen LogP contribution in [0, 0.1) is 0 Å². The Bertz CT molecular complexity index is 134. The van der Waals surface area contributed by atoms with Crippen LogP contribution in [0.25, 0.3) is 0 Å². The maximum absolute atomic E-state index is 12.1. The zero-order valence-corrected chi connectivity index (χ0v) is 5.59. The molecule has 0 spiro atoms. The molecule has 0 heterocycles. The minimum atomic E-state index is -4.52. The molecule has 0 saturated carbocycles. The first-order valence-electron chi connectivity index (χ1n) is 2.85. The monoisotopic (exact) mass is 174 g/mol. The Morgan fingerprint density at radius 1 is 1.00 bits per heavy atom. The predicted molar refractivity (Wildman–Crippen MR) is 30.4 cm³/mol. The van der Waals surface area contributed by atoms with Crippen LogP contribution in [-0.4, -0.2) is 12.1 Å². The quantitative estimate of drug-likeness (QED) is 0.455. The zero-order chi connectivity index (χ0) is 9.12. The van der Waals surface area contributed by atoms with E-state index in [0.29, 0.717) is 0 Å². The van der Waals surface area contributed by atoms with Gasteiger partial charge in [-0.05, 0) is 6.08 Å². The molecule has 0 aromatic carbocycles. The standard InChI is InChI=1S/C6H7F5/c1-2-5(7,8)3-4-6(9,10)11/h2H,1,3-4H2. The molecular weight excluding hydrogens is 167 g/mol. The van der Waals surface area contributed by atoms with Crippen molar-refractivity contribution < 1.29 is 22.0 Å². The highest BCUT2D eigenvalue weighted by atomic mass is 19.4. The molecule has 0 rings (SSSR count). The van der Waals surface area contributed by atoms with Crippen molar-refractivity contribution in [1.82, 2.24) is 0 Å². The summed E-state index contributed by atoms with van der Waals surface area (Å²) in [5.41, 5.74) is 0. The molecule has 0 aromatic heterocycles. The van der Waals surface area contributed by atoms with E-state index in [-0.39, 0.29) is 6.08 Å². The van der Waals surface area contributed by atoms with Gasteiger partial charge in [-0.2, -0.15) is 13.2 Å². The van der Waals surface area contributed by atoms with E-state index in [9.17, 15) is 22.0 Å². The van der Waals surface area contributed by atoms with Gasteiger partial charge in [-0.15, -0.1) is 0 Å². The molecule has 0 nitrogen and oxygen atoms in total. The van der Waals surface area contributed by atoms with Crippen LogP contribution in [0.5, 0.6) is 0 Å². The molecule has 0 amide bonds. The predicted octanol–water partition coefficient (Wildman–Crippen LogP) is 3.15. The van der Waals surface area contributed by atoms with Crippen LogP contribution in [0.3, 0.4) is 0 Å². The van der Waals surface area contributed by atoms with Crippen molar-refractivity contribution in [3.63, 3.8) is 0 Å². The van der Waals surface area contributed by atoms with Crippen LogP contribution in [0.4, 0.5) is 22.0 Å². The number of halogens is 5. The van der Waals surface area contributed by atoms with Gasteiger partial charge in [0.1, 0.15) is 0 Å². The van der Waals surface area contributed by atoms with E-state index >= 15 is 0 Å². The summed E-state index contributed by atoms with van der Waals surface area (Å²) in [4.78, 5) is 0. The molecule has 0 aliphatic rings. The third kappa shape index (κ3) is 5.82. The molecule has 0 aromatic rings. The van der Waals surface area contributed by atoms with E-state index in [1.807, 2.05) is 0 Å². The second-order valence-electron chi connectivity index (χ2n) is 2.08. The van der Waals surface area contributed by atoms with Crippen LogP contribution >= 0.6 is 0 Å². The second kappa shape index (κ2) is 3.19. The van der Waals surface area contributed by atoms with Crippen molar-refractivity contribution in [3.8, 4) is 0 Å². The minimum absolute atomic E-state index is 0.221. The first kappa shape index (κ1) is 10.4. The number of hydrogen-bond donors (Lipinski definition) is 0. The third-order valence-corrected chi connectivity index (χ3v) is 1.04. The molecule has 0 fully saturated rings. The molecule has 0 aliphatic heterocycles. The van der Waals surface area contributed by atoms with Crippen LogP contribution in [-0.2, 0) is 0 Å². The summed E-state index contributed by atoms with van der Waals surface area (Å²) in [5.74, 6) is -3.41. The largest absolute Gasteiger partial charge is 0.389 e. The number of rotatable bonds is 3. The smallest absolute Gasteiger partial charge is 0.202 e. The molecular formula is C6H7F5. The van der Waals surface area contributed by atoms with E-state index in [1.165, 1.54) is 0 Å². The lowest BCUT2D eigenvalue weighted by atomic mass is 10.2. The summed E-state index contributed by atoms with van der Waals surface area (Å²) in [6.45, 7) is 2.72. The lowest BCUT2D eigenvalue weighted by Crippen LogP contribution is -2.17. The van der Waals surface area contributed by atoms with Crippen molar-refractivity contribution in [1.29, 1.82) is 0 Å². The van der Waals surface area contributed by atoms with Gasteiger partial charge in [0.15, 0.2) is 0 Å². The molecule has 0 radical (unpaired) electrons. The van der Waals surface area contributed by atoms with Crippen molar-refractivity contribution in [2.45, 2.75) is 24.9 Å². The summed E-state index contributed by atoms with van der Waals surface area (Å²) in [6, 6.07) is 0. The van der Waals surface area contributed by atoms with Crippen molar-refractivity contribution >= 4 is 0 Å². The normalized spacial score (nSPS) is 13.2. The molecule has 66 valence electrons. The molecule has 0 N–H and O–H groups in total. The molecule has 0 atom stereocenters. The maximum Gasteiger partial charge on any atom is 0.389 e. The highest BCUT2D eigenvalue weighted by Gasteiger charge is 2.34. The molecule has 0 aliphatic carbocycles. The molecule has 0 saturated heterocycles. The van der Waals surface area contributed by atoms with Crippen molar-refractivity contribution in [2.75, 3.05) is 0 Å². The number of allylic oxidation sites excluding steroid dienone is 1. The summed E-state index contributed by atoms with van der Waals surface area (Å²) in [5, 5.41) is 0. The summed E-state index contributed by atoms with van der Waals surface area (Å²) < 4.78 is 58.2. The SMILES string of the molecule is C=CC(F)(F)CCC(F)(F)F. The van der Waals surface area contributed by atoms with Gasteiger partial charge >= 0.3 is 6.18 Å². The zero-order valence-electron chi connectivity index (χ0n) is 5.59. The van der Waals surface area contributed by atoms with E-state index in [4.69, 9.17) is 0 Å². The molecule has 0 unspecified atom stereocenters. The fourth-order valence-electron chi connectivity index (χ4n) is 0.410. The highest BCUT2D eigenvalue weighted by Crippen LogP contribution is 2.29. The Labute approximate surface area is 60.7 Å². The van der Waals surface area contributed by atoms with Crippen molar-refractivity contribution in [2.24, 2.45) is 0 Å². The number of hydrogen-bond acceptors (Lipinski definition) is 0. The van der Waals surface area contributed by atoms with Gasteiger partial charge in [0.2, 0.25) is 0 Å². The fraction of sp³-hybridized carbons (Fsp3) is 0.667. The summed E-state index contributed by atoms with van der Waals surface area (Å²) >= 11 is 0. The van der Waals surface area contributed by atoms with Gasteiger partial charge < -0.3 is 0 Å². The molecule has 11 heavy (non-hydrogen) atoms. The number of alkyl halides is 5. The second-order valence-corrected chi connectivity index (χ2v) is 2.08. The Kier molecular flexibility index (Phi) is 3.02. The van der Waals surface area contributed by atoms with Gasteiger partial charge in [0, 0.05) is 12.8 Å². The van der Waals surface area contributed by atoms with Gasteiger partial charge in [0.05, 0.1) is 0 Å². The van der Waals surface area contributed by atoms with Gasteiger partial charge in [-0.3, -0.25) is 0 Å². The van der Waals surface area contributed by atoms with Crippen LogP contribution < -0.4 is 0 Å². The lowest BCUT2D eigenvalue weighted by Gasteiger charge is -2.12. The highest BCUT2D eigenvalue weighted by molar-refractivity contribution is 4.87. The van der Waals surface area contributed by atoms with E-state index in [2.05, 4.69) is 6.58 Å². The summed E-state index contributed by atoms with van der Waals surface area (Å²) in [7, 11) is 0. The minimum Gasteiger partial charge on any atom is -0.202 e. The first-order valence-corrected chi connectivity index (χ1v) is 2.85. The molecule has 0 bridgehead atoms. The topological polar surface area (TPSA) is 0 Å². The van der Waals surface area contributed by atoms with Gasteiger partial charge in [-0.25, -0.2) is 8.78 Å². The Morgan fingerprint density at radius 3 is 1.73 bits per heavy atom. The van der Waals surface area contributed by atoms with E-state index in [0.717, 1.165) is 0 Å². The lowest BCUT2D eigenvalue weighted by molar-refractivity contribution is -0.146. The Morgan fingerprint density at radius 2 is 1.45 bits per heavy atom.